The lowest BCUT2D eigenvalue weighted by Crippen LogP contribution is -2.35. The van der Waals surface area contributed by atoms with Crippen LogP contribution in [0.15, 0.2) is 40.9 Å². The van der Waals surface area contributed by atoms with Gasteiger partial charge in [0.15, 0.2) is 6.17 Å². The number of rotatable bonds is 2. The Labute approximate surface area is 174 Å². The summed E-state index contributed by atoms with van der Waals surface area (Å²) in [5.74, 6) is 1.98. The van der Waals surface area contributed by atoms with Crippen molar-refractivity contribution >= 4 is 27.7 Å². The predicted molar refractivity (Wildman–Crippen MR) is 103 cm³/mol. The first kappa shape index (κ1) is 19.6. The summed E-state index contributed by atoms with van der Waals surface area (Å²) in [6.45, 7) is -0.505. The van der Waals surface area contributed by atoms with E-state index in [4.69, 9.17) is 0 Å². The molecule has 2 fully saturated rings. The smallest absolute Gasteiger partial charge is 0.267 e. The number of carbonyl (C=O) groups is 2. The molecule has 1 aliphatic carbocycles. The molecule has 1 unspecified atom stereocenters. The summed E-state index contributed by atoms with van der Waals surface area (Å²) >= 11 is 3.29. The number of hydroxylamine groups is 2. The first-order valence-corrected chi connectivity index (χ1v) is 9.72. The second-order valence-electron chi connectivity index (χ2n) is 6.96. The predicted octanol–water partition coefficient (Wildman–Crippen LogP) is 3.86. The molecular weight excluding hydrogens is 446 g/mol. The summed E-state index contributed by atoms with van der Waals surface area (Å²) in [7, 11) is 0. The van der Waals surface area contributed by atoms with Crippen LogP contribution >= 0.6 is 15.9 Å². The van der Waals surface area contributed by atoms with Crippen LogP contribution in [0.4, 0.5) is 8.78 Å². The maximum Gasteiger partial charge on any atom is 0.267 e. The average Bonchev–Trinajstić information content (AvgIpc) is 3.44. The van der Waals surface area contributed by atoms with Gasteiger partial charge in [0.2, 0.25) is 0 Å². The van der Waals surface area contributed by atoms with Crippen LogP contribution in [0.3, 0.4) is 0 Å². The van der Waals surface area contributed by atoms with Crippen molar-refractivity contribution in [1.29, 1.82) is 0 Å². The average molecular weight is 461 g/mol. The Hall–Kier alpha value is -2.76. The largest absolute Gasteiger partial charge is 0.302 e. The number of carbonyl (C=O) groups excluding carboxylic acids is 2. The Morgan fingerprint density at radius 3 is 2.48 bits per heavy atom. The highest BCUT2D eigenvalue weighted by Crippen LogP contribution is 2.33. The molecule has 5 nitrogen and oxygen atoms in total. The van der Waals surface area contributed by atoms with Crippen LogP contribution in [0.1, 0.15) is 40.5 Å². The number of benzene rings is 2. The molecule has 29 heavy (non-hydrogen) atoms. The maximum atomic E-state index is 14.6. The molecule has 1 heterocycles. The van der Waals surface area contributed by atoms with E-state index in [1.807, 2.05) is 0 Å². The zero-order chi connectivity index (χ0) is 20.7. The van der Waals surface area contributed by atoms with Crippen LogP contribution in [0.2, 0.25) is 0 Å². The summed E-state index contributed by atoms with van der Waals surface area (Å²) in [6.07, 6.45) is 0.763. The quantitative estimate of drug-likeness (QED) is 0.546. The third kappa shape index (κ3) is 3.88. The minimum atomic E-state index is -1.19. The number of nitrogens with zero attached hydrogens (tertiary/aromatic N) is 2. The van der Waals surface area contributed by atoms with Gasteiger partial charge < -0.3 is 4.90 Å². The molecule has 0 aromatic heterocycles. The zero-order valence-corrected chi connectivity index (χ0v) is 16.6. The maximum absolute atomic E-state index is 14.6. The van der Waals surface area contributed by atoms with Gasteiger partial charge in [-0.2, -0.15) is 5.06 Å². The van der Waals surface area contributed by atoms with Crippen LogP contribution in [-0.4, -0.2) is 33.5 Å². The first-order valence-electron chi connectivity index (χ1n) is 8.93. The third-order valence-corrected chi connectivity index (χ3v) is 5.24. The van der Waals surface area contributed by atoms with Gasteiger partial charge in [0.1, 0.15) is 23.7 Å². The summed E-state index contributed by atoms with van der Waals surface area (Å²) in [6, 6.07) is 8.61. The van der Waals surface area contributed by atoms with Gasteiger partial charge in [0, 0.05) is 16.0 Å². The lowest BCUT2D eigenvalue weighted by molar-refractivity contribution is -0.168. The lowest BCUT2D eigenvalue weighted by Gasteiger charge is -2.27. The van der Waals surface area contributed by atoms with E-state index in [2.05, 4.69) is 27.8 Å². The van der Waals surface area contributed by atoms with Crippen molar-refractivity contribution in [2.75, 3.05) is 6.54 Å². The van der Waals surface area contributed by atoms with Crippen LogP contribution < -0.4 is 0 Å². The highest BCUT2D eigenvalue weighted by atomic mass is 79.9. The van der Waals surface area contributed by atoms with E-state index < -0.39 is 41.7 Å². The van der Waals surface area contributed by atoms with Gasteiger partial charge in [-0.3, -0.25) is 14.8 Å². The molecule has 1 N–H and O–H groups in total. The number of halogens is 3. The summed E-state index contributed by atoms with van der Waals surface area (Å²) in [5, 5.41) is 10.5. The van der Waals surface area contributed by atoms with Crippen LogP contribution in [0, 0.1) is 29.4 Å². The highest BCUT2D eigenvalue weighted by Gasteiger charge is 2.43. The normalized spacial score (nSPS) is 18.6. The van der Waals surface area contributed by atoms with Gasteiger partial charge in [-0.25, -0.2) is 8.78 Å². The summed E-state index contributed by atoms with van der Waals surface area (Å²) in [4.78, 5) is 25.9. The third-order valence-electron chi connectivity index (χ3n) is 4.75. The molecule has 1 atom stereocenters. The first-order chi connectivity index (χ1) is 13.8. The highest BCUT2D eigenvalue weighted by molar-refractivity contribution is 9.10. The van der Waals surface area contributed by atoms with Crippen molar-refractivity contribution in [2.24, 2.45) is 5.92 Å². The summed E-state index contributed by atoms with van der Waals surface area (Å²) < 4.78 is 29.9. The second-order valence-corrected chi connectivity index (χ2v) is 7.87. The molecular formula is C21H15BrF2N2O3. The van der Waals surface area contributed by atoms with Crippen molar-refractivity contribution in [3.63, 3.8) is 0 Å². The molecule has 8 heteroatoms. The van der Waals surface area contributed by atoms with Gasteiger partial charge >= 0.3 is 0 Å². The van der Waals surface area contributed by atoms with E-state index in [-0.39, 0.29) is 11.5 Å². The Kier molecular flexibility index (Phi) is 5.11. The van der Waals surface area contributed by atoms with Crippen LogP contribution in [0.25, 0.3) is 0 Å². The van der Waals surface area contributed by atoms with E-state index >= 15 is 0 Å². The molecule has 2 aliphatic rings. The molecule has 1 aliphatic heterocycles. The molecule has 1 saturated carbocycles. The molecule has 0 bridgehead atoms. The Bertz CT molecular complexity index is 1050. The Morgan fingerprint density at radius 2 is 1.86 bits per heavy atom. The van der Waals surface area contributed by atoms with E-state index in [1.165, 1.54) is 0 Å². The van der Waals surface area contributed by atoms with E-state index in [1.54, 1.807) is 24.3 Å². The van der Waals surface area contributed by atoms with Crippen molar-refractivity contribution in [2.45, 2.75) is 19.0 Å². The fraction of sp³-hybridized carbons (Fsp3) is 0.238. The monoisotopic (exact) mass is 460 g/mol. The fourth-order valence-electron chi connectivity index (χ4n) is 3.15. The Morgan fingerprint density at radius 1 is 1.17 bits per heavy atom. The van der Waals surface area contributed by atoms with Gasteiger partial charge in [0.05, 0.1) is 0 Å². The van der Waals surface area contributed by atoms with Gasteiger partial charge in [-0.1, -0.05) is 39.9 Å². The van der Waals surface area contributed by atoms with Crippen molar-refractivity contribution < 1.29 is 23.6 Å². The molecule has 4 rings (SSSR count). The topological polar surface area (TPSA) is 60.9 Å². The van der Waals surface area contributed by atoms with Crippen LogP contribution in [0.5, 0.6) is 0 Å². The standard InChI is InChI=1S/C21H15BrF2N2O3/c22-15-3-1-2-14(10-15)20-25(11-18(27)26(20)29)21(28)19-16(23)8-13(9-17(19)24)7-6-12-4-5-12/h1-3,8-10,12,20,29H,4-5,11H2. The molecule has 0 radical (unpaired) electrons. The minimum Gasteiger partial charge on any atom is -0.302 e. The SMILES string of the molecule is O=C1CN(C(=O)c2c(F)cc(C#CC3CC3)cc2F)C(c2cccc(Br)c2)N1O. The molecule has 0 spiro atoms. The minimum absolute atomic E-state index is 0.147. The lowest BCUT2D eigenvalue weighted by atomic mass is 10.1. The van der Waals surface area contributed by atoms with Crippen LogP contribution in [-0.2, 0) is 4.79 Å². The van der Waals surface area contributed by atoms with Crippen molar-refractivity contribution in [3.8, 4) is 11.8 Å². The Balaban J connectivity index is 1.69. The summed E-state index contributed by atoms with van der Waals surface area (Å²) in [5.41, 5.74) is -0.229. The van der Waals surface area contributed by atoms with Crippen molar-refractivity contribution in [3.05, 3.63) is 69.2 Å². The van der Waals surface area contributed by atoms with Gasteiger partial charge in [-0.05, 0) is 42.7 Å². The molecule has 1 saturated heterocycles. The number of hydrogen-bond donors (Lipinski definition) is 1. The molecule has 2 aromatic rings. The zero-order valence-electron chi connectivity index (χ0n) is 15.0. The molecule has 148 valence electrons. The second kappa shape index (κ2) is 7.58. The van der Waals surface area contributed by atoms with E-state index in [0.717, 1.165) is 29.9 Å². The van der Waals surface area contributed by atoms with E-state index in [0.29, 0.717) is 15.1 Å². The molecule has 2 amide bonds. The van der Waals surface area contributed by atoms with Gasteiger partial charge in [0.25, 0.3) is 11.8 Å². The van der Waals surface area contributed by atoms with E-state index in [9.17, 15) is 23.6 Å². The fourth-order valence-corrected chi connectivity index (χ4v) is 3.57. The molecule has 2 aromatic carbocycles. The number of amides is 2. The van der Waals surface area contributed by atoms with Gasteiger partial charge in [-0.15, -0.1) is 0 Å². The number of hydrogen-bond acceptors (Lipinski definition) is 3. The van der Waals surface area contributed by atoms with Crippen molar-refractivity contribution in [1.82, 2.24) is 9.96 Å².